The normalized spacial score (nSPS) is 34.3. The molecule has 4 atom stereocenters. The van der Waals surface area contributed by atoms with Crippen LogP contribution in [-0.4, -0.2) is 41.0 Å². The number of Topliss-reactive ketones (excluding diaryl/α,β-unsaturated/α-hetero) is 1. The Morgan fingerprint density at radius 1 is 1.35 bits per heavy atom. The number of aliphatic hydroxyl groups is 1. The van der Waals surface area contributed by atoms with Crippen LogP contribution >= 0.6 is 0 Å². The lowest BCUT2D eigenvalue weighted by Crippen LogP contribution is -2.43. The van der Waals surface area contributed by atoms with Gasteiger partial charge in [-0.2, -0.15) is 0 Å². The number of amides is 2. The fraction of sp³-hybridized carbons (Fsp3) is 0.353. The van der Waals surface area contributed by atoms with Crippen LogP contribution in [0.1, 0.15) is 17.3 Å². The molecule has 23 heavy (non-hydrogen) atoms. The van der Waals surface area contributed by atoms with Gasteiger partial charge < -0.3 is 9.84 Å². The Kier molecular flexibility index (Phi) is 2.86. The first-order valence-electron chi connectivity index (χ1n) is 7.45. The van der Waals surface area contributed by atoms with Crippen LogP contribution < -0.4 is 4.90 Å². The molecule has 6 heteroatoms. The fourth-order valence-electron chi connectivity index (χ4n) is 3.80. The number of imide groups is 1. The van der Waals surface area contributed by atoms with Crippen LogP contribution in [0.2, 0.25) is 0 Å². The number of anilines is 1. The first-order valence-corrected chi connectivity index (χ1v) is 7.45. The van der Waals surface area contributed by atoms with Gasteiger partial charge in [0.2, 0.25) is 11.8 Å². The summed E-state index contributed by atoms with van der Waals surface area (Å²) in [5.74, 6) is -2.19. The molecular formula is C17H15NO5. The molecule has 3 heterocycles. The van der Waals surface area contributed by atoms with Crippen LogP contribution in [0, 0.1) is 11.8 Å². The molecule has 0 unspecified atom stereocenters. The van der Waals surface area contributed by atoms with Gasteiger partial charge in [-0.25, -0.2) is 4.90 Å². The molecule has 3 aliphatic heterocycles. The highest BCUT2D eigenvalue weighted by Gasteiger charge is 2.67. The largest absolute Gasteiger partial charge is 0.393 e. The number of fused-ring (bicyclic) bond motifs is 5. The first kappa shape index (κ1) is 14.3. The maximum Gasteiger partial charge on any atom is 0.241 e. The van der Waals surface area contributed by atoms with E-state index in [1.807, 2.05) is 0 Å². The first-order chi connectivity index (χ1) is 11.0. The van der Waals surface area contributed by atoms with E-state index in [4.69, 9.17) is 4.74 Å². The second-order valence-electron chi connectivity index (χ2n) is 6.18. The Morgan fingerprint density at radius 2 is 2.13 bits per heavy atom. The van der Waals surface area contributed by atoms with E-state index in [9.17, 15) is 19.5 Å². The second kappa shape index (κ2) is 4.59. The summed E-state index contributed by atoms with van der Waals surface area (Å²) in [6, 6.07) is 6.46. The summed E-state index contributed by atoms with van der Waals surface area (Å²) < 4.78 is 5.68. The topological polar surface area (TPSA) is 83.9 Å². The Hall–Kier alpha value is -2.31. The molecule has 0 aromatic heterocycles. The zero-order valence-electron chi connectivity index (χ0n) is 12.4. The fourth-order valence-corrected chi connectivity index (χ4v) is 3.80. The number of hydrogen-bond acceptors (Lipinski definition) is 5. The predicted molar refractivity (Wildman–Crippen MR) is 79.7 cm³/mol. The van der Waals surface area contributed by atoms with Crippen molar-refractivity contribution in [3.8, 4) is 0 Å². The summed E-state index contributed by atoms with van der Waals surface area (Å²) in [6.45, 7) is 1.09. The molecule has 2 bridgehead atoms. The summed E-state index contributed by atoms with van der Waals surface area (Å²) in [6.07, 6.45) is 2.93. The third kappa shape index (κ3) is 1.73. The zero-order valence-corrected chi connectivity index (χ0v) is 12.4. The van der Waals surface area contributed by atoms with Crippen molar-refractivity contribution in [3.63, 3.8) is 0 Å². The number of carbonyl (C=O) groups is 3. The molecule has 0 radical (unpaired) electrons. The average molecular weight is 313 g/mol. The minimum absolute atomic E-state index is 0.136. The van der Waals surface area contributed by atoms with Crippen LogP contribution in [0.3, 0.4) is 0 Å². The van der Waals surface area contributed by atoms with Gasteiger partial charge in [0.25, 0.3) is 0 Å². The molecule has 0 aliphatic carbocycles. The maximum atomic E-state index is 12.8. The van der Waals surface area contributed by atoms with E-state index in [2.05, 4.69) is 0 Å². The highest BCUT2D eigenvalue weighted by atomic mass is 16.5. The predicted octanol–water partition coefficient (Wildman–Crippen LogP) is 0.695. The van der Waals surface area contributed by atoms with Crippen LogP contribution in [0.5, 0.6) is 0 Å². The Morgan fingerprint density at radius 3 is 2.83 bits per heavy atom. The van der Waals surface area contributed by atoms with Gasteiger partial charge in [0.05, 0.1) is 30.2 Å². The minimum Gasteiger partial charge on any atom is -0.393 e. The molecule has 1 aromatic carbocycles. The summed E-state index contributed by atoms with van der Waals surface area (Å²) >= 11 is 0. The molecule has 2 saturated heterocycles. The van der Waals surface area contributed by atoms with E-state index in [-0.39, 0.29) is 24.2 Å². The van der Waals surface area contributed by atoms with Gasteiger partial charge in [0, 0.05) is 5.56 Å². The number of ether oxygens (including phenoxy) is 1. The summed E-state index contributed by atoms with van der Waals surface area (Å²) in [5.41, 5.74) is -0.279. The summed E-state index contributed by atoms with van der Waals surface area (Å²) in [7, 11) is 0. The van der Waals surface area contributed by atoms with Gasteiger partial charge in [-0.15, -0.1) is 0 Å². The van der Waals surface area contributed by atoms with Crippen molar-refractivity contribution in [2.45, 2.75) is 18.6 Å². The van der Waals surface area contributed by atoms with Crippen molar-refractivity contribution in [2.24, 2.45) is 11.8 Å². The molecule has 6 nitrogen and oxygen atoms in total. The van der Waals surface area contributed by atoms with E-state index in [0.717, 1.165) is 4.90 Å². The van der Waals surface area contributed by atoms with E-state index >= 15 is 0 Å². The highest BCUT2D eigenvalue weighted by molar-refractivity contribution is 6.23. The number of carbonyl (C=O) groups excluding carboxylic acids is 3. The molecule has 3 aliphatic rings. The van der Waals surface area contributed by atoms with Gasteiger partial charge in [-0.05, 0) is 19.1 Å². The summed E-state index contributed by atoms with van der Waals surface area (Å²) in [4.78, 5) is 38.2. The van der Waals surface area contributed by atoms with Gasteiger partial charge in [-0.3, -0.25) is 14.4 Å². The highest BCUT2D eigenvalue weighted by Crippen LogP contribution is 2.52. The molecular weight excluding hydrogens is 298 g/mol. The second-order valence-corrected chi connectivity index (χ2v) is 6.18. The van der Waals surface area contributed by atoms with Gasteiger partial charge in [0.1, 0.15) is 5.60 Å². The van der Waals surface area contributed by atoms with Gasteiger partial charge >= 0.3 is 0 Å². The Labute approximate surface area is 132 Å². The SMILES string of the molecule is CC(=O)c1cccc(N2C(=O)[C@@H]3[C@@H](C2=O)[C@]2(CO)C=C[C@H]3O2)c1. The van der Waals surface area contributed by atoms with Crippen LogP contribution in [0.4, 0.5) is 5.69 Å². The third-order valence-electron chi connectivity index (χ3n) is 4.91. The van der Waals surface area contributed by atoms with E-state index < -0.39 is 23.5 Å². The van der Waals surface area contributed by atoms with Crippen LogP contribution in [0.15, 0.2) is 36.4 Å². The van der Waals surface area contributed by atoms with Crippen molar-refractivity contribution in [1.29, 1.82) is 0 Å². The molecule has 1 N–H and O–H groups in total. The van der Waals surface area contributed by atoms with Gasteiger partial charge in [-0.1, -0.05) is 24.3 Å². The van der Waals surface area contributed by atoms with Crippen LogP contribution in [0.25, 0.3) is 0 Å². The molecule has 4 rings (SSSR count). The Bertz CT molecular complexity index is 770. The lowest BCUT2D eigenvalue weighted by Gasteiger charge is -2.26. The average Bonchev–Trinajstić information content (AvgIpc) is 3.18. The molecule has 2 fully saturated rings. The number of aliphatic hydroxyl groups excluding tert-OH is 1. The molecule has 0 spiro atoms. The molecule has 0 saturated carbocycles. The number of nitrogens with zero attached hydrogens (tertiary/aromatic N) is 1. The number of rotatable bonds is 3. The zero-order chi connectivity index (χ0) is 16.4. The van der Waals surface area contributed by atoms with E-state index in [0.29, 0.717) is 11.3 Å². The smallest absolute Gasteiger partial charge is 0.241 e. The van der Waals surface area contributed by atoms with Crippen LogP contribution in [-0.2, 0) is 14.3 Å². The minimum atomic E-state index is -1.10. The lowest BCUT2D eigenvalue weighted by molar-refractivity contribution is -0.128. The number of benzene rings is 1. The van der Waals surface area contributed by atoms with Crippen molar-refractivity contribution in [3.05, 3.63) is 42.0 Å². The van der Waals surface area contributed by atoms with Crippen molar-refractivity contribution >= 4 is 23.3 Å². The monoisotopic (exact) mass is 313 g/mol. The number of ketones is 1. The molecule has 1 aromatic rings. The van der Waals surface area contributed by atoms with E-state index in [1.165, 1.54) is 6.92 Å². The number of hydrogen-bond donors (Lipinski definition) is 1. The molecule has 118 valence electrons. The standard InChI is InChI=1S/C17H15NO5/c1-9(20)10-3-2-4-11(7-10)18-15(21)13-12-5-6-17(8-19,23-12)14(13)16(18)22/h2-7,12-14,19H,8H2,1H3/t12-,13+,14+,17-/m1/s1. The quantitative estimate of drug-likeness (QED) is 0.504. The lowest BCUT2D eigenvalue weighted by atomic mass is 9.77. The van der Waals surface area contributed by atoms with Crippen molar-refractivity contribution in [2.75, 3.05) is 11.5 Å². The molecule has 2 amide bonds. The summed E-state index contributed by atoms with van der Waals surface area (Å²) in [5, 5.41) is 9.67. The van der Waals surface area contributed by atoms with Crippen molar-refractivity contribution < 1.29 is 24.2 Å². The van der Waals surface area contributed by atoms with Crippen molar-refractivity contribution in [1.82, 2.24) is 0 Å². The van der Waals surface area contributed by atoms with Gasteiger partial charge in [0.15, 0.2) is 5.78 Å². The third-order valence-corrected chi connectivity index (χ3v) is 4.91. The Balaban J connectivity index is 1.76. The van der Waals surface area contributed by atoms with E-state index in [1.54, 1.807) is 36.4 Å². The maximum absolute atomic E-state index is 12.8.